The molecule has 1 amide bonds. The first-order valence-electron chi connectivity index (χ1n) is 4.46. The lowest BCUT2D eigenvalue weighted by atomic mass is 9.87. The summed E-state index contributed by atoms with van der Waals surface area (Å²) in [5, 5.41) is 11.5. The van der Waals surface area contributed by atoms with Crippen molar-refractivity contribution < 1.29 is 9.90 Å². The van der Waals surface area contributed by atoms with Gasteiger partial charge in [-0.3, -0.25) is 4.79 Å². The number of hydrogen-bond donors (Lipinski definition) is 3. The largest absolute Gasteiger partial charge is 0.392 e. The predicted octanol–water partition coefficient (Wildman–Crippen LogP) is -0.143. The molecule has 0 rings (SSSR count). The molecular weight excluding hydrogens is 168 g/mol. The highest BCUT2D eigenvalue weighted by Gasteiger charge is 2.27. The molecule has 0 radical (unpaired) electrons. The van der Waals surface area contributed by atoms with Crippen molar-refractivity contribution >= 4 is 5.91 Å². The van der Waals surface area contributed by atoms with Gasteiger partial charge >= 0.3 is 0 Å². The normalized spacial score (nSPS) is 16.5. The second-order valence-corrected chi connectivity index (χ2v) is 4.44. The molecule has 2 unspecified atom stereocenters. The van der Waals surface area contributed by atoms with Crippen LogP contribution in [0.3, 0.4) is 0 Å². The molecule has 2 atom stereocenters. The van der Waals surface area contributed by atoms with E-state index in [2.05, 4.69) is 5.32 Å². The van der Waals surface area contributed by atoms with Crippen molar-refractivity contribution in [1.29, 1.82) is 0 Å². The lowest BCUT2D eigenvalue weighted by molar-refractivity contribution is -0.124. The number of nitrogens with two attached hydrogens (primary N) is 1. The highest BCUT2D eigenvalue weighted by Crippen LogP contribution is 2.16. The first-order chi connectivity index (χ1) is 5.75. The zero-order valence-electron chi connectivity index (χ0n) is 8.79. The maximum atomic E-state index is 11.3. The van der Waals surface area contributed by atoms with Gasteiger partial charge in [0.05, 0.1) is 12.1 Å². The number of nitrogens with one attached hydrogen (secondary N) is 1. The SMILES string of the molecule is CC(O)CNC(=O)C(N)C(C)(C)C. The van der Waals surface area contributed by atoms with E-state index in [1.54, 1.807) is 6.92 Å². The minimum atomic E-state index is -0.536. The second-order valence-electron chi connectivity index (χ2n) is 4.44. The van der Waals surface area contributed by atoms with Crippen LogP contribution in [0.4, 0.5) is 0 Å². The standard InChI is InChI=1S/C9H20N2O2/c1-6(12)5-11-8(13)7(10)9(2,3)4/h6-7,12H,5,10H2,1-4H3,(H,11,13). The molecule has 0 aliphatic carbocycles. The first kappa shape index (κ1) is 12.4. The van der Waals surface area contributed by atoms with Gasteiger partial charge in [-0.05, 0) is 12.3 Å². The fourth-order valence-corrected chi connectivity index (χ4v) is 0.752. The first-order valence-corrected chi connectivity index (χ1v) is 4.46. The Kier molecular flexibility index (Phi) is 4.36. The van der Waals surface area contributed by atoms with Crippen molar-refractivity contribution in [3.8, 4) is 0 Å². The van der Waals surface area contributed by atoms with Gasteiger partial charge in [-0.1, -0.05) is 20.8 Å². The summed E-state index contributed by atoms with van der Waals surface area (Å²) in [6.45, 7) is 7.57. The van der Waals surface area contributed by atoms with E-state index in [1.807, 2.05) is 20.8 Å². The Balaban J connectivity index is 3.98. The molecule has 4 N–H and O–H groups in total. The summed E-state index contributed by atoms with van der Waals surface area (Å²) in [5.41, 5.74) is 5.44. The Hall–Kier alpha value is -0.610. The van der Waals surface area contributed by atoms with E-state index >= 15 is 0 Å². The van der Waals surface area contributed by atoms with E-state index in [0.717, 1.165) is 0 Å². The van der Waals surface area contributed by atoms with Crippen molar-refractivity contribution in [1.82, 2.24) is 5.32 Å². The second kappa shape index (κ2) is 4.58. The van der Waals surface area contributed by atoms with Crippen molar-refractivity contribution in [2.24, 2.45) is 11.1 Å². The molecule has 4 nitrogen and oxygen atoms in total. The monoisotopic (exact) mass is 188 g/mol. The van der Waals surface area contributed by atoms with Gasteiger partial charge in [-0.2, -0.15) is 0 Å². The van der Waals surface area contributed by atoms with E-state index in [-0.39, 0.29) is 17.9 Å². The minimum Gasteiger partial charge on any atom is -0.392 e. The summed E-state index contributed by atoms with van der Waals surface area (Å²) in [7, 11) is 0. The van der Waals surface area contributed by atoms with E-state index in [9.17, 15) is 4.79 Å². The van der Waals surface area contributed by atoms with E-state index in [0.29, 0.717) is 0 Å². The number of aliphatic hydroxyl groups is 1. The molecule has 0 aromatic carbocycles. The maximum absolute atomic E-state index is 11.3. The van der Waals surface area contributed by atoms with Crippen molar-refractivity contribution in [2.45, 2.75) is 39.8 Å². The molecular formula is C9H20N2O2. The number of aliphatic hydroxyl groups excluding tert-OH is 1. The number of carbonyl (C=O) groups excluding carboxylic acids is 1. The molecule has 0 bridgehead atoms. The third kappa shape index (κ3) is 4.85. The molecule has 0 spiro atoms. The van der Waals surface area contributed by atoms with Crippen LogP contribution in [0.5, 0.6) is 0 Å². The molecule has 4 heteroatoms. The maximum Gasteiger partial charge on any atom is 0.237 e. The van der Waals surface area contributed by atoms with Crippen molar-refractivity contribution in [3.63, 3.8) is 0 Å². The van der Waals surface area contributed by atoms with Crippen LogP contribution in [0.15, 0.2) is 0 Å². The zero-order valence-corrected chi connectivity index (χ0v) is 8.79. The Morgan fingerprint density at radius 1 is 1.54 bits per heavy atom. The van der Waals surface area contributed by atoms with Gasteiger partial charge in [0, 0.05) is 6.54 Å². The van der Waals surface area contributed by atoms with Crippen LogP contribution in [0.2, 0.25) is 0 Å². The summed E-state index contributed by atoms with van der Waals surface area (Å²) < 4.78 is 0. The molecule has 0 aromatic rings. The van der Waals surface area contributed by atoms with Crippen LogP contribution in [0.1, 0.15) is 27.7 Å². The molecule has 0 heterocycles. The number of carbonyl (C=O) groups is 1. The average molecular weight is 188 g/mol. The van der Waals surface area contributed by atoms with Gasteiger partial charge in [-0.15, -0.1) is 0 Å². The Labute approximate surface area is 79.5 Å². The highest BCUT2D eigenvalue weighted by molar-refractivity contribution is 5.82. The molecule has 0 fully saturated rings. The third-order valence-corrected chi connectivity index (χ3v) is 1.79. The van der Waals surface area contributed by atoms with E-state index < -0.39 is 12.1 Å². The van der Waals surface area contributed by atoms with Crippen LogP contribution in [0, 0.1) is 5.41 Å². The molecule has 0 saturated carbocycles. The van der Waals surface area contributed by atoms with Gasteiger partial charge in [0.2, 0.25) is 5.91 Å². The van der Waals surface area contributed by atoms with Crippen LogP contribution in [0.25, 0.3) is 0 Å². The molecule has 0 aliphatic heterocycles. The van der Waals surface area contributed by atoms with Gasteiger partial charge in [-0.25, -0.2) is 0 Å². The zero-order chi connectivity index (χ0) is 10.6. The van der Waals surface area contributed by atoms with E-state index in [4.69, 9.17) is 10.8 Å². The summed E-state index contributed by atoms with van der Waals surface area (Å²) in [5.74, 6) is -0.214. The van der Waals surface area contributed by atoms with Gasteiger partial charge in [0.15, 0.2) is 0 Å². The molecule has 13 heavy (non-hydrogen) atoms. The molecule has 0 saturated heterocycles. The topological polar surface area (TPSA) is 75.3 Å². The van der Waals surface area contributed by atoms with Crippen LogP contribution < -0.4 is 11.1 Å². The number of rotatable bonds is 3. The Morgan fingerprint density at radius 2 is 2.00 bits per heavy atom. The van der Waals surface area contributed by atoms with E-state index in [1.165, 1.54) is 0 Å². The summed E-state index contributed by atoms with van der Waals surface area (Å²) >= 11 is 0. The summed E-state index contributed by atoms with van der Waals surface area (Å²) in [6.07, 6.45) is -0.531. The smallest absolute Gasteiger partial charge is 0.237 e. The van der Waals surface area contributed by atoms with Crippen molar-refractivity contribution in [3.05, 3.63) is 0 Å². The Morgan fingerprint density at radius 3 is 2.31 bits per heavy atom. The summed E-state index contributed by atoms with van der Waals surface area (Å²) in [4.78, 5) is 11.3. The van der Waals surface area contributed by atoms with Crippen LogP contribution in [-0.4, -0.2) is 29.7 Å². The fraction of sp³-hybridized carbons (Fsp3) is 0.889. The highest BCUT2D eigenvalue weighted by atomic mass is 16.3. The van der Waals surface area contributed by atoms with Gasteiger partial charge in [0.1, 0.15) is 0 Å². The Bertz CT molecular complexity index is 173. The van der Waals surface area contributed by atoms with Gasteiger partial charge < -0.3 is 16.2 Å². The number of hydrogen-bond acceptors (Lipinski definition) is 3. The average Bonchev–Trinajstić information content (AvgIpc) is 1.96. The quantitative estimate of drug-likeness (QED) is 0.577. The fourth-order valence-electron chi connectivity index (χ4n) is 0.752. The lowest BCUT2D eigenvalue weighted by Crippen LogP contribution is -2.49. The van der Waals surface area contributed by atoms with Crippen LogP contribution >= 0.6 is 0 Å². The third-order valence-electron chi connectivity index (χ3n) is 1.79. The minimum absolute atomic E-state index is 0.214. The summed E-state index contributed by atoms with van der Waals surface area (Å²) in [6, 6.07) is -0.536. The van der Waals surface area contributed by atoms with Gasteiger partial charge in [0.25, 0.3) is 0 Å². The number of amides is 1. The predicted molar refractivity (Wildman–Crippen MR) is 52.1 cm³/mol. The molecule has 0 aromatic heterocycles. The lowest BCUT2D eigenvalue weighted by Gasteiger charge is -2.26. The van der Waals surface area contributed by atoms with Crippen molar-refractivity contribution in [2.75, 3.05) is 6.54 Å². The molecule has 0 aliphatic rings. The molecule has 78 valence electrons. The van der Waals surface area contributed by atoms with Crippen LogP contribution in [-0.2, 0) is 4.79 Å².